The first-order valence-corrected chi connectivity index (χ1v) is 9.38. The second-order valence-corrected chi connectivity index (χ2v) is 7.23. The quantitative estimate of drug-likeness (QED) is 0.635. The lowest BCUT2D eigenvalue weighted by molar-refractivity contribution is -0.143. The first-order chi connectivity index (χ1) is 12.3. The Morgan fingerprint density at radius 3 is 2.35 bits per heavy atom. The summed E-state index contributed by atoms with van der Waals surface area (Å²) in [7, 11) is 1.68. The van der Waals surface area contributed by atoms with Crippen LogP contribution in [-0.2, 0) is 16.8 Å². The Hall–Kier alpha value is -1.72. The molecule has 0 fully saturated rings. The topological polar surface area (TPSA) is 40.5 Å². The highest BCUT2D eigenvalue weighted by molar-refractivity contribution is 7.81. The third-order valence-corrected chi connectivity index (χ3v) is 5.83. The fraction of sp³-hybridized carbons (Fsp3) is 0.350. The van der Waals surface area contributed by atoms with Crippen molar-refractivity contribution in [2.45, 2.75) is 37.5 Å². The molecule has 0 saturated heterocycles. The molecule has 0 spiro atoms. The van der Waals surface area contributed by atoms with Crippen molar-refractivity contribution in [3.05, 3.63) is 64.4 Å². The number of aryl methyl sites for hydroxylation is 1. The zero-order chi connectivity index (χ0) is 19.5. The molecule has 0 unspecified atom stereocenters. The number of carboxylic acid groups (broad SMARTS) is 1. The fourth-order valence-electron chi connectivity index (χ4n) is 3.25. The van der Waals surface area contributed by atoms with E-state index >= 15 is 0 Å². The molecular weight excluding hydrogens is 373 g/mol. The largest absolute Gasteiger partial charge is 0.479 e. The average molecular weight is 396 g/mol. The molecule has 1 N–H and O–H groups in total. The molecule has 0 amide bonds. The molecule has 26 heavy (non-hydrogen) atoms. The van der Waals surface area contributed by atoms with E-state index in [1.54, 1.807) is 11.9 Å². The lowest BCUT2D eigenvalue weighted by Crippen LogP contribution is -2.56. The number of hydrogen-bond donors (Lipinski definition) is 2. The molecule has 6 heteroatoms. The summed E-state index contributed by atoms with van der Waals surface area (Å²) in [4.78, 5) is 14.2. The summed E-state index contributed by atoms with van der Waals surface area (Å²) in [6.07, 6.45) is 1.33. The number of benzene rings is 2. The highest BCUT2D eigenvalue weighted by Crippen LogP contribution is 2.41. The molecule has 2 aromatic rings. The van der Waals surface area contributed by atoms with E-state index in [2.05, 4.69) is 12.6 Å². The number of carboxylic acids is 1. The normalized spacial score (nSPS) is 14.5. The molecule has 140 valence electrons. The smallest absolute Gasteiger partial charge is 0.335 e. The van der Waals surface area contributed by atoms with Crippen molar-refractivity contribution in [3.8, 4) is 0 Å². The van der Waals surface area contributed by atoms with Crippen LogP contribution in [-0.4, -0.2) is 23.4 Å². The van der Waals surface area contributed by atoms with Gasteiger partial charge in [0.05, 0.1) is 10.7 Å². The Kier molecular flexibility index (Phi) is 6.58. The Morgan fingerprint density at radius 2 is 1.88 bits per heavy atom. The van der Waals surface area contributed by atoms with Crippen LogP contribution >= 0.6 is 24.2 Å². The molecule has 0 aliphatic rings. The van der Waals surface area contributed by atoms with Gasteiger partial charge >= 0.3 is 5.97 Å². The van der Waals surface area contributed by atoms with E-state index in [9.17, 15) is 14.3 Å². The van der Waals surface area contributed by atoms with Crippen molar-refractivity contribution in [2.24, 2.45) is 0 Å². The van der Waals surface area contributed by atoms with Gasteiger partial charge < -0.3 is 10.0 Å². The fourth-order valence-corrected chi connectivity index (χ4v) is 4.01. The van der Waals surface area contributed by atoms with Crippen molar-refractivity contribution in [1.29, 1.82) is 0 Å². The summed E-state index contributed by atoms with van der Waals surface area (Å²) in [5.41, 5.74) is 0.602. The summed E-state index contributed by atoms with van der Waals surface area (Å²) in [5.74, 6) is -1.49. The van der Waals surface area contributed by atoms with Crippen LogP contribution in [0.3, 0.4) is 0 Å². The first-order valence-electron chi connectivity index (χ1n) is 8.48. The molecule has 0 radical (unpaired) electrons. The number of rotatable bonds is 7. The molecule has 2 atom stereocenters. The predicted octanol–water partition coefficient (Wildman–Crippen LogP) is 5.17. The van der Waals surface area contributed by atoms with Crippen molar-refractivity contribution in [1.82, 2.24) is 0 Å². The monoisotopic (exact) mass is 395 g/mol. The van der Waals surface area contributed by atoms with E-state index in [1.165, 1.54) is 24.3 Å². The summed E-state index contributed by atoms with van der Waals surface area (Å²) in [6.45, 7) is 3.89. The second-order valence-electron chi connectivity index (χ2n) is 6.20. The third kappa shape index (κ3) is 3.55. The first kappa shape index (κ1) is 20.6. The SMILES string of the molecule is CCc1ccc(N(C)[C@@](C(=O)O)(c2ccc(F)cc2)[C@@H](S)CC)c(Cl)c1. The van der Waals surface area contributed by atoms with Crippen LogP contribution in [0.2, 0.25) is 5.02 Å². The number of likely N-dealkylation sites (N-methyl/N-ethyl adjacent to an activating group) is 1. The van der Waals surface area contributed by atoms with Crippen LogP contribution in [0.4, 0.5) is 10.1 Å². The number of aliphatic carboxylic acids is 1. The van der Waals surface area contributed by atoms with Crippen LogP contribution in [0.5, 0.6) is 0 Å². The minimum Gasteiger partial charge on any atom is -0.479 e. The summed E-state index contributed by atoms with van der Waals surface area (Å²) in [6, 6.07) is 11.1. The van der Waals surface area contributed by atoms with Gasteiger partial charge in [-0.2, -0.15) is 12.6 Å². The van der Waals surface area contributed by atoms with Crippen LogP contribution in [0.25, 0.3) is 0 Å². The minimum absolute atomic E-state index is 0.423. The molecular formula is C20H23ClFNO2S. The zero-order valence-electron chi connectivity index (χ0n) is 15.0. The van der Waals surface area contributed by atoms with Gasteiger partial charge in [-0.25, -0.2) is 9.18 Å². The van der Waals surface area contributed by atoms with Crippen LogP contribution in [0.15, 0.2) is 42.5 Å². The van der Waals surface area contributed by atoms with Gasteiger partial charge in [-0.1, -0.05) is 43.6 Å². The number of nitrogens with zero attached hydrogens (tertiary/aromatic N) is 1. The third-order valence-electron chi connectivity index (χ3n) is 4.79. The number of anilines is 1. The van der Waals surface area contributed by atoms with E-state index < -0.39 is 22.6 Å². The second kappa shape index (κ2) is 8.31. The maximum absolute atomic E-state index is 13.4. The van der Waals surface area contributed by atoms with E-state index in [0.717, 1.165) is 12.0 Å². The molecule has 2 aromatic carbocycles. The van der Waals surface area contributed by atoms with Crippen molar-refractivity contribution in [3.63, 3.8) is 0 Å². The molecule has 3 nitrogen and oxygen atoms in total. The maximum Gasteiger partial charge on any atom is 0.335 e. The van der Waals surface area contributed by atoms with Gasteiger partial charge in [0.2, 0.25) is 0 Å². The van der Waals surface area contributed by atoms with Gasteiger partial charge in [0.15, 0.2) is 5.54 Å². The number of hydrogen-bond acceptors (Lipinski definition) is 3. The summed E-state index contributed by atoms with van der Waals surface area (Å²) in [5, 5.41) is 10.2. The van der Waals surface area contributed by atoms with E-state index in [1.807, 2.05) is 32.0 Å². The number of carbonyl (C=O) groups is 1. The molecule has 0 heterocycles. The molecule has 0 aromatic heterocycles. The van der Waals surface area contributed by atoms with Crippen LogP contribution in [0, 0.1) is 5.82 Å². The van der Waals surface area contributed by atoms with Crippen LogP contribution in [0.1, 0.15) is 31.4 Å². The van der Waals surface area contributed by atoms with Crippen molar-refractivity contribution >= 4 is 35.9 Å². The Morgan fingerprint density at radius 1 is 1.27 bits per heavy atom. The van der Waals surface area contributed by atoms with Gasteiger partial charge in [0.25, 0.3) is 0 Å². The number of halogens is 2. The number of thiol groups is 1. The predicted molar refractivity (Wildman–Crippen MR) is 108 cm³/mol. The Bertz CT molecular complexity index is 784. The molecule has 0 aliphatic carbocycles. The molecule has 0 saturated carbocycles. The van der Waals surface area contributed by atoms with Gasteiger partial charge in [0.1, 0.15) is 5.82 Å². The summed E-state index contributed by atoms with van der Waals surface area (Å²) >= 11 is 11.0. The lowest BCUT2D eigenvalue weighted by atomic mass is 9.83. The molecule has 2 rings (SSSR count). The zero-order valence-corrected chi connectivity index (χ0v) is 16.7. The van der Waals surface area contributed by atoms with E-state index in [-0.39, 0.29) is 0 Å². The van der Waals surface area contributed by atoms with Crippen LogP contribution < -0.4 is 4.90 Å². The highest BCUT2D eigenvalue weighted by atomic mass is 35.5. The Labute approximate surface area is 164 Å². The Balaban J connectivity index is 2.70. The standard InChI is InChI=1S/C20H23ClFNO2S/c1-4-13-6-11-17(16(21)12-13)23(3)20(19(24)25,18(26)5-2)14-7-9-15(22)10-8-14/h6-12,18,26H,4-5H2,1-3H3,(H,24,25)/t18-,20-/m0/s1. The average Bonchev–Trinajstić information content (AvgIpc) is 2.62. The maximum atomic E-state index is 13.4. The summed E-state index contributed by atoms with van der Waals surface area (Å²) < 4.78 is 13.4. The van der Waals surface area contributed by atoms with Gasteiger partial charge in [-0.05, 0) is 48.2 Å². The minimum atomic E-state index is -1.50. The van der Waals surface area contributed by atoms with Crippen molar-refractivity contribution < 1.29 is 14.3 Å². The van der Waals surface area contributed by atoms with E-state index in [0.29, 0.717) is 22.7 Å². The molecule has 0 bridgehead atoms. The highest BCUT2D eigenvalue weighted by Gasteiger charge is 2.49. The van der Waals surface area contributed by atoms with Crippen molar-refractivity contribution in [2.75, 3.05) is 11.9 Å². The molecule has 0 aliphatic heterocycles. The van der Waals surface area contributed by atoms with Gasteiger partial charge in [-0.3, -0.25) is 0 Å². The van der Waals surface area contributed by atoms with E-state index in [4.69, 9.17) is 11.6 Å². The van der Waals surface area contributed by atoms with Gasteiger partial charge in [0, 0.05) is 12.3 Å². The van der Waals surface area contributed by atoms with Gasteiger partial charge in [-0.15, -0.1) is 0 Å². The lowest BCUT2D eigenvalue weighted by Gasteiger charge is -2.44.